The van der Waals surface area contributed by atoms with Crippen molar-refractivity contribution in [2.45, 2.75) is 26.6 Å². The van der Waals surface area contributed by atoms with Gasteiger partial charge in [0.15, 0.2) is 0 Å². The van der Waals surface area contributed by atoms with E-state index in [4.69, 9.17) is 0 Å². The van der Waals surface area contributed by atoms with E-state index < -0.39 is 0 Å². The molecule has 0 saturated heterocycles. The van der Waals surface area contributed by atoms with Crippen molar-refractivity contribution in [2.75, 3.05) is 21.1 Å². The quantitative estimate of drug-likeness (QED) is 0.883. The lowest BCUT2D eigenvalue weighted by Gasteiger charge is -2.19. The van der Waals surface area contributed by atoms with E-state index in [0.717, 1.165) is 12.1 Å². The number of urea groups is 1. The zero-order valence-corrected chi connectivity index (χ0v) is 15.0. The van der Waals surface area contributed by atoms with Crippen LogP contribution in [0.15, 0.2) is 48.5 Å². The maximum absolute atomic E-state index is 12.3. The first-order chi connectivity index (χ1) is 11.5. The number of hydrogen-bond donors (Lipinski definition) is 1. The SMILES string of the molecule is Cc1ccccc1CN(C)C(=O)NCc1cccc(CN(C)C)c1. The number of amides is 2. The summed E-state index contributed by atoms with van der Waals surface area (Å²) in [6.07, 6.45) is 0. The summed E-state index contributed by atoms with van der Waals surface area (Å²) in [5.41, 5.74) is 4.74. The molecule has 2 aromatic rings. The zero-order chi connectivity index (χ0) is 17.5. The molecule has 0 spiro atoms. The van der Waals surface area contributed by atoms with E-state index in [1.165, 1.54) is 16.7 Å². The van der Waals surface area contributed by atoms with Gasteiger partial charge < -0.3 is 15.1 Å². The van der Waals surface area contributed by atoms with Gasteiger partial charge in [0.1, 0.15) is 0 Å². The van der Waals surface area contributed by atoms with Gasteiger partial charge in [0.25, 0.3) is 0 Å². The van der Waals surface area contributed by atoms with Crippen LogP contribution >= 0.6 is 0 Å². The van der Waals surface area contributed by atoms with Crippen LogP contribution < -0.4 is 5.32 Å². The fourth-order valence-electron chi connectivity index (χ4n) is 2.63. The highest BCUT2D eigenvalue weighted by Gasteiger charge is 2.10. The van der Waals surface area contributed by atoms with Crippen molar-refractivity contribution in [1.29, 1.82) is 0 Å². The van der Waals surface area contributed by atoms with E-state index in [0.29, 0.717) is 13.1 Å². The molecule has 4 nitrogen and oxygen atoms in total. The third-order valence-electron chi connectivity index (χ3n) is 3.95. The van der Waals surface area contributed by atoms with Gasteiger partial charge in [0.2, 0.25) is 0 Å². The summed E-state index contributed by atoms with van der Waals surface area (Å²) in [5, 5.41) is 2.99. The molecule has 0 fully saturated rings. The van der Waals surface area contributed by atoms with Crippen LogP contribution in [-0.2, 0) is 19.6 Å². The van der Waals surface area contributed by atoms with Crippen LogP contribution in [0.5, 0.6) is 0 Å². The lowest BCUT2D eigenvalue weighted by molar-refractivity contribution is 0.206. The predicted octanol–water partition coefficient (Wildman–Crippen LogP) is 3.40. The molecule has 0 aromatic heterocycles. The summed E-state index contributed by atoms with van der Waals surface area (Å²) in [7, 11) is 5.92. The predicted molar refractivity (Wildman–Crippen MR) is 98.7 cm³/mol. The Hall–Kier alpha value is -2.33. The molecule has 0 aliphatic rings. The zero-order valence-electron chi connectivity index (χ0n) is 15.0. The Bertz CT molecular complexity index is 682. The minimum absolute atomic E-state index is 0.0590. The Morgan fingerprint density at radius 2 is 1.67 bits per heavy atom. The van der Waals surface area contributed by atoms with Crippen LogP contribution in [0.4, 0.5) is 4.79 Å². The molecule has 4 heteroatoms. The van der Waals surface area contributed by atoms with Crippen molar-refractivity contribution in [2.24, 2.45) is 0 Å². The standard InChI is InChI=1S/C20H27N3O/c1-16-8-5-6-11-19(16)15-23(4)20(24)21-13-17-9-7-10-18(12-17)14-22(2)3/h5-12H,13-15H2,1-4H3,(H,21,24). The first-order valence-electron chi connectivity index (χ1n) is 8.21. The third kappa shape index (κ3) is 5.39. The number of carbonyl (C=O) groups is 1. The Balaban J connectivity index is 1.89. The lowest BCUT2D eigenvalue weighted by atomic mass is 10.1. The minimum Gasteiger partial charge on any atom is -0.334 e. The van der Waals surface area contributed by atoms with Crippen LogP contribution in [0.1, 0.15) is 22.3 Å². The van der Waals surface area contributed by atoms with E-state index in [2.05, 4.69) is 55.5 Å². The molecule has 2 amide bonds. The molecule has 2 aromatic carbocycles. The largest absolute Gasteiger partial charge is 0.334 e. The number of nitrogens with one attached hydrogen (secondary N) is 1. The van der Waals surface area contributed by atoms with Gasteiger partial charge in [-0.2, -0.15) is 0 Å². The second-order valence-corrected chi connectivity index (χ2v) is 6.50. The number of aryl methyl sites for hydroxylation is 1. The van der Waals surface area contributed by atoms with Crippen LogP contribution in [0, 0.1) is 6.92 Å². The van der Waals surface area contributed by atoms with Crippen LogP contribution in [-0.4, -0.2) is 37.0 Å². The van der Waals surface area contributed by atoms with Crippen molar-refractivity contribution in [3.8, 4) is 0 Å². The van der Waals surface area contributed by atoms with Gasteiger partial charge in [-0.3, -0.25) is 0 Å². The number of hydrogen-bond acceptors (Lipinski definition) is 2. The molecule has 0 unspecified atom stereocenters. The Morgan fingerprint density at radius 3 is 2.38 bits per heavy atom. The molecule has 0 radical (unpaired) electrons. The Morgan fingerprint density at radius 1 is 0.958 bits per heavy atom. The molecular formula is C20H27N3O. The Labute approximate surface area is 145 Å². The molecule has 128 valence electrons. The summed E-state index contributed by atoms with van der Waals surface area (Å²) < 4.78 is 0. The van der Waals surface area contributed by atoms with Gasteiger partial charge in [0.05, 0.1) is 0 Å². The molecule has 0 aliphatic carbocycles. The fourth-order valence-corrected chi connectivity index (χ4v) is 2.63. The summed E-state index contributed by atoms with van der Waals surface area (Å²) in [6, 6.07) is 16.4. The van der Waals surface area contributed by atoms with Gasteiger partial charge in [-0.15, -0.1) is 0 Å². The summed E-state index contributed by atoms with van der Waals surface area (Å²) in [4.78, 5) is 16.1. The number of nitrogens with zero attached hydrogens (tertiary/aromatic N) is 2. The maximum Gasteiger partial charge on any atom is 0.317 e. The molecular weight excluding hydrogens is 298 g/mol. The van der Waals surface area contributed by atoms with E-state index in [9.17, 15) is 4.79 Å². The van der Waals surface area contributed by atoms with Gasteiger partial charge in [-0.25, -0.2) is 4.79 Å². The van der Waals surface area contributed by atoms with Crippen molar-refractivity contribution < 1.29 is 4.79 Å². The van der Waals surface area contributed by atoms with Crippen molar-refractivity contribution in [3.05, 3.63) is 70.8 Å². The summed E-state index contributed by atoms with van der Waals surface area (Å²) >= 11 is 0. The molecule has 0 heterocycles. The van der Waals surface area contributed by atoms with Crippen LogP contribution in [0.25, 0.3) is 0 Å². The average molecular weight is 325 g/mol. The number of carbonyl (C=O) groups excluding carboxylic acids is 1. The van der Waals surface area contributed by atoms with E-state index >= 15 is 0 Å². The molecule has 0 bridgehead atoms. The molecule has 2 rings (SSSR count). The number of benzene rings is 2. The lowest BCUT2D eigenvalue weighted by Crippen LogP contribution is -2.36. The molecule has 0 saturated carbocycles. The molecule has 0 aliphatic heterocycles. The second-order valence-electron chi connectivity index (χ2n) is 6.50. The third-order valence-corrected chi connectivity index (χ3v) is 3.95. The molecule has 24 heavy (non-hydrogen) atoms. The highest BCUT2D eigenvalue weighted by atomic mass is 16.2. The van der Waals surface area contributed by atoms with Gasteiger partial charge in [-0.05, 0) is 43.3 Å². The van der Waals surface area contributed by atoms with Crippen molar-refractivity contribution >= 4 is 6.03 Å². The monoisotopic (exact) mass is 325 g/mol. The number of rotatable bonds is 6. The minimum atomic E-state index is -0.0590. The van der Waals surface area contributed by atoms with Gasteiger partial charge in [0, 0.05) is 26.7 Å². The second kappa shape index (κ2) is 8.50. The highest BCUT2D eigenvalue weighted by molar-refractivity contribution is 5.73. The summed E-state index contributed by atoms with van der Waals surface area (Å²) in [5.74, 6) is 0. The average Bonchev–Trinajstić information content (AvgIpc) is 2.54. The van der Waals surface area contributed by atoms with E-state index in [1.54, 1.807) is 4.90 Å². The van der Waals surface area contributed by atoms with Gasteiger partial charge >= 0.3 is 6.03 Å². The van der Waals surface area contributed by atoms with Crippen LogP contribution in [0.2, 0.25) is 0 Å². The van der Waals surface area contributed by atoms with Crippen LogP contribution in [0.3, 0.4) is 0 Å². The summed E-state index contributed by atoms with van der Waals surface area (Å²) in [6.45, 7) is 4.11. The van der Waals surface area contributed by atoms with Crippen molar-refractivity contribution in [3.63, 3.8) is 0 Å². The fraction of sp³-hybridized carbons (Fsp3) is 0.350. The maximum atomic E-state index is 12.3. The van der Waals surface area contributed by atoms with E-state index in [1.807, 2.05) is 31.3 Å². The van der Waals surface area contributed by atoms with Gasteiger partial charge in [-0.1, -0.05) is 48.5 Å². The normalized spacial score (nSPS) is 10.7. The topological polar surface area (TPSA) is 35.6 Å². The first kappa shape index (κ1) is 18.0. The molecule has 0 atom stereocenters. The van der Waals surface area contributed by atoms with E-state index in [-0.39, 0.29) is 6.03 Å². The molecule has 1 N–H and O–H groups in total. The van der Waals surface area contributed by atoms with Crippen molar-refractivity contribution in [1.82, 2.24) is 15.1 Å². The first-order valence-corrected chi connectivity index (χ1v) is 8.21. The Kier molecular flexibility index (Phi) is 6.38. The smallest absolute Gasteiger partial charge is 0.317 e. The highest BCUT2D eigenvalue weighted by Crippen LogP contribution is 2.10.